The van der Waals surface area contributed by atoms with Gasteiger partial charge in [-0.1, -0.05) is 26.0 Å². The van der Waals surface area contributed by atoms with Crippen molar-refractivity contribution in [2.45, 2.75) is 39.8 Å². The normalized spacial score (nSPS) is 11.5. The van der Waals surface area contributed by atoms with E-state index in [1.807, 2.05) is 13.0 Å². The number of alkyl halides is 3. The zero-order valence-corrected chi connectivity index (χ0v) is 23.4. The first-order chi connectivity index (χ1) is 19.8. The quantitative estimate of drug-likeness (QED) is 0.130. The van der Waals surface area contributed by atoms with E-state index >= 15 is 0 Å². The van der Waals surface area contributed by atoms with Gasteiger partial charge in [0.15, 0.2) is 5.78 Å². The molecule has 0 aliphatic heterocycles. The molecule has 0 unspecified atom stereocenters. The third kappa shape index (κ3) is 6.45. The minimum Gasteiger partial charge on any atom is -0.309 e. The molecule has 218 valence electrons. The van der Waals surface area contributed by atoms with Crippen LogP contribution < -0.4 is 4.90 Å². The number of anilines is 1. The number of halogens is 4. The van der Waals surface area contributed by atoms with Gasteiger partial charge in [0.1, 0.15) is 11.5 Å². The van der Waals surface area contributed by atoms with Gasteiger partial charge in [-0.05, 0) is 60.9 Å². The van der Waals surface area contributed by atoms with Gasteiger partial charge in [0.2, 0.25) is 5.78 Å². The summed E-state index contributed by atoms with van der Waals surface area (Å²) in [6.07, 6.45) is -1.53. The number of likely N-dealkylation sites (N-methyl/N-ethyl adjacent to an activating group) is 1. The molecule has 0 saturated carbocycles. The van der Waals surface area contributed by atoms with Crippen LogP contribution in [0.1, 0.15) is 47.4 Å². The Hall–Kier alpha value is -4.67. The summed E-state index contributed by atoms with van der Waals surface area (Å²) in [6, 6.07) is 12.6. The average molecular weight is 581 g/mol. The van der Waals surface area contributed by atoms with Gasteiger partial charge < -0.3 is 4.90 Å². The molecule has 0 aliphatic rings. The first-order valence-electron chi connectivity index (χ1n) is 13.1. The highest BCUT2D eigenvalue weighted by Crippen LogP contribution is 2.33. The molecule has 1 amide bonds. The molecule has 11 heteroatoms. The summed E-state index contributed by atoms with van der Waals surface area (Å²) in [5.41, 5.74) is 1.67. The fraction of sp³-hybridized carbons (Fsp3) is 0.258. The Bertz CT molecular complexity index is 1650. The lowest BCUT2D eigenvalue weighted by molar-refractivity contribution is -0.140. The van der Waals surface area contributed by atoms with Gasteiger partial charge in [0, 0.05) is 49.1 Å². The van der Waals surface area contributed by atoms with Crippen LogP contribution in [0, 0.1) is 18.7 Å². The molecule has 0 N–H and O–H groups in total. The second-order valence-electron chi connectivity index (χ2n) is 10.2. The molecule has 0 aliphatic carbocycles. The maximum absolute atomic E-state index is 14.4. The van der Waals surface area contributed by atoms with Crippen LogP contribution in [0.2, 0.25) is 0 Å². The molecule has 2 aromatic heterocycles. The van der Waals surface area contributed by atoms with E-state index in [0.717, 1.165) is 23.3 Å². The number of rotatable bonds is 9. The van der Waals surface area contributed by atoms with Crippen LogP contribution in [0.5, 0.6) is 0 Å². The molecule has 7 nitrogen and oxygen atoms in total. The average Bonchev–Trinajstić information content (AvgIpc) is 3.41. The monoisotopic (exact) mass is 580 g/mol. The molecule has 0 radical (unpaired) electrons. The molecule has 0 atom stereocenters. The number of benzene rings is 2. The smallest absolute Gasteiger partial charge is 0.309 e. The van der Waals surface area contributed by atoms with E-state index in [2.05, 4.69) is 10.1 Å². The Labute approximate surface area is 239 Å². The number of aromatic nitrogens is 3. The first-order valence-corrected chi connectivity index (χ1v) is 13.1. The second-order valence-corrected chi connectivity index (χ2v) is 10.2. The standard InChI is InChI=1S/C31H28F4N4O3/c1-18(2)29(41)30(42)38(4)26-15-20(6-5-19(26)3)7-10-28(40)25-17-27(21-11-13-36-14-12-21)39(37-25)22-8-9-23(24(32)16-22)31(33,34)35/h5-6,8-9,11-18H,7,10H2,1-4H3. The van der Waals surface area contributed by atoms with E-state index in [1.165, 1.54) is 35.1 Å². The second kappa shape index (κ2) is 12.1. The summed E-state index contributed by atoms with van der Waals surface area (Å²) in [7, 11) is 1.53. The number of nitrogens with zero attached hydrogens (tertiary/aromatic N) is 4. The van der Waals surface area contributed by atoms with Crippen LogP contribution in [0.25, 0.3) is 16.9 Å². The maximum Gasteiger partial charge on any atom is 0.419 e. The van der Waals surface area contributed by atoms with E-state index in [-0.39, 0.29) is 23.6 Å². The molecule has 0 saturated heterocycles. The predicted octanol–water partition coefficient (Wildman–Crippen LogP) is 6.40. The molecule has 2 aromatic carbocycles. The summed E-state index contributed by atoms with van der Waals surface area (Å²) in [5, 5.41) is 4.33. The predicted molar refractivity (Wildman–Crippen MR) is 149 cm³/mol. The van der Waals surface area contributed by atoms with Crippen LogP contribution >= 0.6 is 0 Å². The Morgan fingerprint density at radius 3 is 2.29 bits per heavy atom. The van der Waals surface area contributed by atoms with Gasteiger partial charge in [-0.25, -0.2) is 9.07 Å². The van der Waals surface area contributed by atoms with E-state index in [9.17, 15) is 31.9 Å². The first kappa shape index (κ1) is 30.3. The van der Waals surface area contributed by atoms with E-state index < -0.39 is 35.2 Å². The number of ketones is 2. The molecule has 4 rings (SSSR count). The number of hydrogen-bond donors (Lipinski definition) is 0. The summed E-state index contributed by atoms with van der Waals surface area (Å²) < 4.78 is 55.0. The highest BCUT2D eigenvalue weighted by molar-refractivity contribution is 6.41. The van der Waals surface area contributed by atoms with Gasteiger partial charge >= 0.3 is 6.18 Å². The minimum absolute atomic E-state index is 0.0122. The van der Waals surface area contributed by atoms with Gasteiger partial charge in [-0.15, -0.1) is 0 Å². The lowest BCUT2D eigenvalue weighted by Crippen LogP contribution is -2.36. The number of amides is 1. The van der Waals surface area contributed by atoms with Crippen LogP contribution in [-0.4, -0.2) is 39.3 Å². The number of pyridine rings is 1. The summed E-state index contributed by atoms with van der Waals surface area (Å²) >= 11 is 0. The van der Waals surface area contributed by atoms with E-state index in [0.29, 0.717) is 29.4 Å². The summed E-state index contributed by atoms with van der Waals surface area (Å²) in [6.45, 7) is 5.11. The zero-order chi connectivity index (χ0) is 30.8. The highest BCUT2D eigenvalue weighted by Gasteiger charge is 2.34. The van der Waals surface area contributed by atoms with Crippen LogP contribution in [0.15, 0.2) is 67.0 Å². The van der Waals surface area contributed by atoms with Crippen molar-refractivity contribution < 1.29 is 31.9 Å². The Morgan fingerprint density at radius 2 is 1.67 bits per heavy atom. The van der Waals surface area contributed by atoms with Crippen LogP contribution in [-0.2, 0) is 22.2 Å². The molecule has 4 aromatic rings. The summed E-state index contributed by atoms with van der Waals surface area (Å²) in [4.78, 5) is 43.3. The van der Waals surface area contributed by atoms with Crippen molar-refractivity contribution in [1.29, 1.82) is 0 Å². The molecule has 0 spiro atoms. The fourth-order valence-electron chi connectivity index (χ4n) is 4.39. The Balaban J connectivity index is 1.61. The van der Waals surface area contributed by atoms with Crippen molar-refractivity contribution in [3.63, 3.8) is 0 Å². The molecule has 0 bridgehead atoms. The fourth-order valence-corrected chi connectivity index (χ4v) is 4.39. The summed E-state index contributed by atoms with van der Waals surface area (Å²) in [5.74, 6) is -3.39. The topological polar surface area (TPSA) is 85.2 Å². The zero-order valence-electron chi connectivity index (χ0n) is 23.4. The highest BCUT2D eigenvalue weighted by atomic mass is 19.4. The number of Topliss-reactive ketones (excluding diaryl/α,β-unsaturated/α-hetero) is 2. The molecule has 42 heavy (non-hydrogen) atoms. The lowest BCUT2D eigenvalue weighted by Gasteiger charge is -2.20. The van der Waals surface area contributed by atoms with Crippen molar-refractivity contribution in [3.05, 3.63) is 95.2 Å². The Morgan fingerprint density at radius 1 is 0.976 bits per heavy atom. The van der Waals surface area contributed by atoms with Crippen LogP contribution in [0.4, 0.5) is 23.2 Å². The van der Waals surface area contributed by atoms with Crippen molar-refractivity contribution in [3.8, 4) is 16.9 Å². The third-order valence-corrected chi connectivity index (χ3v) is 6.79. The number of aryl methyl sites for hydroxylation is 2. The van der Waals surface area contributed by atoms with Gasteiger partial charge in [-0.2, -0.15) is 18.3 Å². The van der Waals surface area contributed by atoms with Gasteiger partial charge in [0.25, 0.3) is 5.91 Å². The minimum atomic E-state index is -4.86. The van der Waals surface area contributed by atoms with Crippen LogP contribution in [0.3, 0.4) is 0 Å². The largest absolute Gasteiger partial charge is 0.419 e. The van der Waals surface area contributed by atoms with Gasteiger partial charge in [-0.3, -0.25) is 19.4 Å². The molecule has 2 heterocycles. The van der Waals surface area contributed by atoms with Crippen molar-refractivity contribution in [2.75, 3.05) is 11.9 Å². The molecular formula is C31H28F4N4O3. The third-order valence-electron chi connectivity index (χ3n) is 6.79. The molecular weight excluding hydrogens is 552 g/mol. The number of carbonyl (C=O) groups excluding carboxylic acids is 3. The van der Waals surface area contributed by atoms with Crippen molar-refractivity contribution in [1.82, 2.24) is 14.8 Å². The van der Waals surface area contributed by atoms with Gasteiger partial charge in [0.05, 0.1) is 16.9 Å². The number of carbonyl (C=O) groups is 3. The van der Waals surface area contributed by atoms with E-state index in [4.69, 9.17) is 0 Å². The molecule has 0 fully saturated rings. The number of hydrogen-bond acceptors (Lipinski definition) is 5. The maximum atomic E-state index is 14.4. The van der Waals surface area contributed by atoms with Crippen molar-refractivity contribution >= 4 is 23.2 Å². The Kier molecular flexibility index (Phi) is 8.70. The van der Waals surface area contributed by atoms with Crippen molar-refractivity contribution in [2.24, 2.45) is 5.92 Å². The van der Waals surface area contributed by atoms with E-state index in [1.54, 1.807) is 38.1 Å². The lowest BCUT2D eigenvalue weighted by atomic mass is 10.0. The SMILES string of the molecule is Cc1ccc(CCC(=O)c2cc(-c3ccncc3)n(-c3ccc(C(F)(F)F)c(F)c3)n2)cc1N(C)C(=O)C(=O)C(C)C.